The topological polar surface area (TPSA) is 38.4 Å². The van der Waals surface area contributed by atoms with E-state index in [-0.39, 0.29) is 35.0 Å². The summed E-state index contributed by atoms with van der Waals surface area (Å²) in [6.45, 7) is -0.251. The molecule has 124 valence electrons. The van der Waals surface area contributed by atoms with Crippen molar-refractivity contribution in [2.24, 2.45) is 10.7 Å². The molecule has 0 spiro atoms. The predicted octanol–water partition coefficient (Wildman–Crippen LogP) is 4.86. The van der Waals surface area contributed by atoms with Gasteiger partial charge in [0.25, 0.3) is 0 Å². The third kappa shape index (κ3) is 5.24. The van der Waals surface area contributed by atoms with E-state index in [2.05, 4.69) is 4.99 Å². The van der Waals surface area contributed by atoms with Crippen LogP contribution < -0.4 is 5.73 Å². The van der Waals surface area contributed by atoms with Crippen molar-refractivity contribution in [1.82, 2.24) is 0 Å². The second kappa shape index (κ2) is 6.95. The normalized spacial score (nSPS) is 13.5. The Morgan fingerprint density at radius 3 is 1.95 bits per heavy atom. The number of nitrogens with two attached hydrogens (primary N) is 1. The highest BCUT2D eigenvalue weighted by molar-refractivity contribution is 6.36. The van der Waals surface area contributed by atoms with Crippen LogP contribution in [0.4, 0.5) is 26.3 Å². The highest BCUT2D eigenvalue weighted by atomic mass is 35.5. The number of hydrogen-bond donors (Lipinski definition) is 1. The van der Waals surface area contributed by atoms with Crippen LogP contribution in [0, 0.1) is 0 Å². The van der Waals surface area contributed by atoms with Crippen LogP contribution >= 0.6 is 23.2 Å². The van der Waals surface area contributed by atoms with Gasteiger partial charge in [0.2, 0.25) is 5.84 Å². The number of amidine groups is 1. The molecule has 0 unspecified atom stereocenters. The minimum atomic E-state index is -4.70. The number of nitrogens with zero attached hydrogens (tertiary/aromatic N) is 1. The molecule has 0 saturated carbocycles. The molecule has 0 heterocycles. The molecule has 0 atom stereocenters. The van der Waals surface area contributed by atoms with E-state index in [9.17, 15) is 26.3 Å². The van der Waals surface area contributed by atoms with E-state index in [1.165, 1.54) is 0 Å². The number of halogens is 8. The summed E-state index contributed by atoms with van der Waals surface area (Å²) < 4.78 is 73.8. The van der Waals surface area contributed by atoms with Crippen molar-refractivity contribution in [2.45, 2.75) is 25.2 Å². The molecule has 22 heavy (non-hydrogen) atoms. The van der Waals surface area contributed by atoms with Crippen molar-refractivity contribution < 1.29 is 26.3 Å². The van der Waals surface area contributed by atoms with Crippen molar-refractivity contribution in [3.63, 3.8) is 0 Å². The van der Waals surface area contributed by atoms with Gasteiger partial charge in [0.1, 0.15) is 0 Å². The first kappa shape index (κ1) is 18.9. The second-order valence-corrected chi connectivity index (χ2v) is 5.10. The molecule has 0 amide bonds. The van der Waals surface area contributed by atoms with E-state index >= 15 is 0 Å². The van der Waals surface area contributed by atoms with E-state index in [0.717, 1.165) is 12.1 Å². The molecule has 0 radical (unpaired) electrons. The van der Waals surface area contributed by atoms with Gasteiger partial charge in [0.05, 0.1) is 5.56 Å². The molecule has 2 nitrogen and oxygen atoms in total. The minimum Gasteiger partial charge on any atom is -0.380 e. The third-order valence-corrected chi connectivity index (χ3v) is 3.30. The smallest absolute Gasteiger partial charge is 0.380 e. The molecule has 0 aromatic heterocycles. The fourth-order valence-electron chi connectivity index (χ4n) is 1.55. The lowest BCUT2D eigenvalue weighted by Crippen LogP contribution is -2.31. The molecule has 0 aliphatic rings. The van der Waals surface area contributed by atoms with Crippen molar-refractivity contribution in [1.29, 1.82) is 0 Å². The Balaban J connectivity index is 2.76. The van der Waals surface area contributed by atoms with Gasteiger partial charge in [-0.05, 0) is 30.5 Å². The summed E-state index contributed by atoms with van der Waals surface area (Å²) in [5.41, 5.74) is 3.93. The summed E-state index contributed by atoms with van der Waals surface area (Å²) in [4.78, 5) is 3.13. The van der Waals surface area contributed by atoms with Gasteiger partial charge in [-0.3, -0.25) is 4.99 Å². The van der Waals surface area contributed by atoms with Crippen molar-refractivity contribution >= 4 is 29.0 Å². The van der Waals surface area contributed by atoms with Gasteiger partial charge in [0.15, 0.2) is 0 Å². The van der Waals surface area contributed by atoms with Gasteiger partial charge >= 0.3 is 12.4 Å². The first-order valence-electron chi connectivity index (χ1n) is 5.85. The van der Waals surface area contributed by atoms with Crippen molar-refractivity contribution in [3.8, 4) is 0 Å². The van der Waals surface area contributed by atoms with Gasteiger partial charge < -0.3 is 5.73 Å². The van der Waals surface area contributed by atoms with Crippen LogP contribution in [0.25, 0.3) is 0 Å². The van der Waals surface area contributed by atoms with Gasteiger partial charge in [-0.15, -0.1) is 0 Å². The number of aliphatic imine (C=N–C) groups is 1. The van der Waals surface area contributed by atoms with Gasteiger partial charge in [-0.25, -0.2) is 0 Å². The summed E-state index contributed by atoms with van der Waals surface area (Å²) in [7, 11) is 0. The zero-order valence-electron chi connectivity index (χ0n) is 10.8. The lowest BCUT2D eigenvalue weighted by molar-refractivity contribution is -0.137. The van der Waals surface area contributed by atoms with E-state index in [1.807, 2.05) is 0 Å². The molecule has 0 fully saturated rings. The van der Waals surface area contributed by atoms with Gasteiger partial charge in [0, 0.05) is 16.6 Å². The average Bonchev–Trinajstić information content (AvgIpc) is 2.34. The Kier molecular flexibility index (Phi) is 5.97. The Labute approximate surface area is 131 Å². The molecular formula is C12H10Cl2F6N2. The molecule has 1 rings (SSSR count). The zero-order valence-corrected chi connectivity index (χ0v) is 12.3. The zero-order chi connectivity index (χ0) is 17.1. The molecule has 1 aromatic rings. The highest BCUT2D eigenvalue weighted by Crippen LogP contribution is 2.36. The SMILES string of the molecule is NC(=NCCCc1c(Cl)cc(C(F)(F)F)cc1Cl)C(F)(F)F. The summed E-state index contributed by atoms with van der Waals surface area (Å²) in [5.74, 6) is -1.46. The summed E-state index contributed by atoms with van der Waals surface area (Å²) in [5, 5.41) is -0.403. The Morgan fingerprint density at radius 2 is 1.55 bits per heavy atom. The molecular weight excluding hydrogens is 357 g/mol. The monoisotopic (exact) mass is 366 g/mol. The molecule has 10 heteroatoms. The van der Waals surface area contributed by atoms with Crippen LogP contribution in [-0.4, -0.2) is 18.6 Å². The maximum atomic E-state index is 12.5. The lowest BCUT2D eigenvalue weighted by atomic mass is 10.1. The number of rotatable bonds is 4. The van der Waals surface area contributed by atoms with Crippen LogP contribution in [0.2, 0.25) is 10.0 Å². The lowest BCUT2D eigenvalue weighted by Gasteiger charge is -2.12. The van der Waals surface area contributed by atoms with Crippen LogP contribution in [0.5, 0.6) is 0 Å². The minimum absolute atomic E-state index is 0.0739. The standard InChI is InChI=1S/C12H10Cl2F6N2/c13-8-4-6(11(15,16)17)5-9(14)7(8)2-1-3-22-10(21)12(18,19)20/h4-5H,1-3H2,(H2,21,22). The van der Waals surface area contributed by atoms with E-state index in [1.54, 1.807) is 0 Å². The first-order valence-corrected chi connectivity index (χ1v) is 6.60. The molecule has 0 aliphatic carbocycles. The fourth-order valence-corrected chi connectivity index (χ4v) is 2.23. The first-order chi connectivity index (χ1) is 9.93. The maximum absolute atomic E-state index is 12.5. The maximum Gasteiger partial charge on any atom is 0.448 e. The Bertz CT molecular complexity index is 543. The van der Waals surface area contributed by atoms with E-state index < -0.39 is 23.8 Å². The molecule has 2 N–H and O–H groups in total. The highest BCUT2D eigenvalue weighted by Gasteiger charge is 2.33. The summed E-state index contributed by atoms with van der Waals surface area (Å²) >= 11 is 11.5. The van der Waals surface area contributed by atoms with Crippen LogP contribution in [0.3, 0.4) is 0 Å². The van der Waals surface area contributed by atoms with Crippen LogP contribution in [-0.2, 0) is 12.6 Å². The molecule has 1 aromatic carbocycles. The predicted molar refractivity (Wildman–Crippen MR) is 72.3 cm³/mol. The summed E-state index contributed by atoms with van der Waals surface area (Å²) in [6, 6.07) is 1.44. The Hall–Kier alpha value is -1.15. The molecule has 0 bridgehead atoms. The number of hydrogen-bond acceptors (Lipinski definition) is 1. The summed E-state index contributed by atoms with van der Waals surface area (Å²) in [6.07, 6.45) is -9.12. The fraction of sp³-hybridized carbons (Fsp3) is 0.417. The van der Waals surface area contributed by atoms with E-state index in [4.69, 9.17) is 28.9 Å². The third-order valence-electron chi connectivity index (χ3n) is 2.63. The Morgan fingerprint density at radius 1 is 1.05 bits per heavy atom. The molecule has 0 saturated heterocycles. The quantitative estimate of drug-likeness (QED) is 0.351. The number of benzene rings is 1. The largest absolute Gasteiger partial charge is 0.448 e. The van der Waals surface area contributed by atoms with Crippen LogP contribution in [0.15, 0.2) is 17.1 Å². The number of alkyl halides is 6. The van der Waals surface area contributed by atoms with Crippen molar-refractivity contribution in [3.05, 3.63) is 33.3 Å². The van der Waals surface area contributed by atoms with Gasteiger partial charge in [-0.2, -0.15) is 26.3 Å². The second-order valence-electron chi connectivity index (χ2n) is 4.28. The van der Waals surface area contributed by atoms with Crippen LogP contribution in [0.1, 0.15) is 17.5 Å². The molecule has 0 aliphatic heterocycles. The average molecular weight is 367 g/mol. The van der Waals surface area contributed by atoms with Crippen molar-refractivity contribution in [2.75, 3.05) is 6.54 Å². The van der Waals surface area contributed by atoms with E-state index in [0.29, 0.717) is 0 Å². The van der Waals surface area contributed by atoms with Gasteiger partial charge in [-0.1, -0.05) is 23.2 Å².